The van der Waals surface area contributed by atoms with E-state index in [0.717, 1.165) is 29.6 Å². The molecular formula is C14H19BrClN3O. The molecule has 110 valence electrons. The number of likely N-dealkylation sites (N-methyl/N-ethyl adjacent to an activating group) is 1. The van der Waals surface area contributed by atoms with Gasteiger partial charge < -0.3 is 9.84 Å². The standard InChI is InChI=1S/C14H18BrN3O.ClH/c1-10(16-2)8-13-17-14(19-18-13)7-6-11-4-3-5-12(15)9-11;/h3-5,9-10,16H,6-8H2,1-2H3;1H. The van der Waals surface area contributed by atoms with Crippen LogP contribution in [0.15, 0.2) is 33.3 Å². The summed E-state index contributed by atoms with van der Waals surface area (Å²) in [6, 6.07) is 8.63. The van der Waals surface area contributed by atoms with Gasteiger partial charge in [-0.15, -0.1) is 12.4 Å². The van der Waals surface area contributed by atoms with Gasteiger partial charge in [-0.1, -0.05) is 33.2 Å². The number of aromatic nitrogens is 2. The van der Waals surface area contributed by atoms with E-state index in [-0.39, 0.29) is 12.4 Å². The molecule has 20 heavy (non-hydrogen) atoms. The Balaban J connectivity index is 0.00000200. The van der Waals surface area contributed by atoms with E-state index in [2.05, 4.69) is 50.4 Å². The normalized spacial score (nSPS) is 11.9. The van der Waals surface area contributed by atoms with Gasteiger partial charge in [-0.3, -0.25) is 0 Å². The Kier molecular flexibility index (Phi) is 7.19. The van der Waals surface area contributed by atoms with E-state index >= 15 is 0 Å². The molecule has 2 aromatic rings. The van der Waals surface area contributed by atoms with Crippen molar-refractivity contribution in [3.63, 3.8) is 0 Å². The summed E-state index contributed by atoms with van der Waals surface area (Å²) >= 11 is 3.47. The van der Waals surface area contributed by atoms with Gasteiger partial charge in [0.05, 0.1) is 0 Å². The van der Waals surface area contributed by atoms with Gasteiger partial charge in [-0.25, -0.2) is 0 Å². The Labute approximate surface area is 133 Å². The molecule has 4 nitrogen and oxygen atoms in total. The molecule has 0 saturated carbocycles. The maximum Gasteiger partial charge on any atom is 0.226 e. The molecule has 0 aliphatic heterocycles. The second-order valence-corrected chi connectivity index (χ2v) is 5.54. The fourth-order valence-corrected chi connectivity index (χ4v) is 2.24. The fourth-order valence-electron chi connectivity index (χ4n) is 1.79. The molecule has 0 aliphatic rings. The van der Waals surface area contributed by atoms with Crippen molar-refractivity contribution in [3.8, 4) is 0 Å². The first-order chi connectivity index (χ1) is 9.17. The molecule has 1 unspecified atom stereocenters. The van der Waals surface area contributed by atoms with Gasteiger partial charge in [-0.2, -0.15) is 4.98 Å². The Morgan fingerprint density at radius 2 is 2.15 bits per heavy atom. The van der Waals surface area contributed by atoms with Crippen LogP contribution in [0.3, 0.4) is 0 Å². The van der Waals surface area contributed by atoms with Crippen LogP contribution in [0.2, 0.25) is 0 Å². The number of halogens is 2. The predicted molar refractivity (Wildman–Crippen MR) is 85.3 cm³/mol. The van der Waals surface area contributed by atoms with E-state index in [1.54, 1.807) is 0 Å². The van der Waals surface area contributed by atoms with Crippen LogP contribution in [0.25, 0.3) is 0 Å². The van der Waals surface area contributed by atoms with Crippen LogP contribution in [-0.2, 0) is 19.3 Å². The lowest BCUT2D eigenvalue weighted by molar-refractivity contribution is 0.371. The number of benzene rings is 1. The Bertz CT molecular complexity index is 533. The predicted octanol–water partition coefficient (Wildman–Crippen LogP) is 3.19. The topological polar surface area (TPSA) is 51.0 Å². The van der Waals surface area contributed by atoms with Crippen LogP contribution in [0.1, 0.15) is 24.2 Å². The average molecular weight is 361 g/mol. The van der Waals surface area contributed by atoms with Gasteiger partial charge in [0.25, 0.3) is 0 Å². The van der Waals surface area contributed by atoms with Crippen LogP contribution < -0.4 is 5.32 Å². The summed E-state index contributed by atoms with van der Waals surface area (Å²) in [6.45, 7) is 2.09. The molecule has 1 N–H and O–H groups in total. The van der Waals surface area contributed by atoms with E-state index in [9.17, 15) is 0 Å². The second-order valence-electron chi connectivity index (χ2n) is 4.63. The second kappa shape index (κ2) is 8.39. The highest BCUT2D eigenvalue weighted by atomic mass is 79.9. The summed E-state index contributed by atoms with van der Waals surface area (Å²) in [5.74, 6) is 1.48. The van der Waals surface area contributed by atoms with Crippen LogP contribution in [0, 0.1) is 0 Å². The highest BCUT2D eigenvalue weighted by Gasteiger charge is 2.09. The molecule has 2 rings (SSSR count). The third-order valence-electron chi connectivity index (χ3n) is 3.01. The number of rotatable bonds is 6. The SMILES string of the molecule is CNC(C)Cc1noc(CCc2cccc(Br)c2)n1.Cl. The van der Waals surface area contributed by atoms with Crippen molar-refractivity contribution in [2.75, 3.05) is 7.05 Å². The monoisotopic (exact) mass is 359 g/mol. The molecule has 0 radical (unpaired) electrons. The van der Waals surface area contributed by atoms with Crippen molar-refractivity contribution in [3.05, 3.63) is 46.0 Å². The van der Waals surface area contributed by atoms with Crippen LogP contribution in [0.4, 0.5) is 0 Å². The van der Waals surface area contributed by atoms with Crippen LogP contribution in [0.5, 0.6) is 0 Å². The summed E-state index contributed by atoms with van der Waals surface area (Å²) in [6.07, 6.45) is 2.47. The summed E-state index contributed by atoms with van der Waals surface area (Å²) in [5.41, 5.74) is 1.26. The zero-order chi connectivity index (χ0) is 13.7. The summed E-state index contributed by atoms with van der Waals surface area (Å²) in [4.78, 5) is 4.41. The molecule has 6 heteroatoms. The first-order valence-electron chi connectivity index (χ1n) is 6.40. The first-order valence-corrected chi connectivity index (χ1v) is 7.20. The number of nitrogens with zero attached hydrogens (tertiary/aromatic N) is 2. The molecule has 0 bridgehead atoms. The molecule has 0 spiro atoms. The zero-order valence-corrected chi connectivity index (χ0v) is 14.0. The van der Waals surface area contributed by atoms with Crippen molar-refractivity contribution in [2.24, 2.45) is 0 Å². The van der Waals surface area contributed by atoms with Crippen molar-refractivity contribution in [2.45, 2.75) is 32.2 Å². The lowest BCUT2D eigenvalue weighted by atomic mass is 10.1. The molecule has 1 atom stereocenters. The van der Waals surface area contributed by atoms with Crippen molar-refractivity contribution in [1.29, 1.82) is 0 Å². The highest BCUT2D eigenvalue weighted by Crippen LogP contribution is 2.13. The number of hydrogen-bond acceptors (Lipinski definition) is 4. The Morgan fingerprint density at radius 3 is 2.85 bits per heavy atom. The molecule has 1 aromatic carbocycles. The largest absolute Gasteiger partial charge is 0.339 e. The fraction of sp³-hybridized carbons (Fsp3) is 0.429. The highest BCUT2D eigenvalue weighted by molar-refractivity contribution is 9.10. The maximum absolute atomic E-state index is 5.26. The van der Waals surface area contributed by atoms with Crippen molar-refractivity contribution < 1.29 is 4.52 Å². The quantitative estimate of drug-likeness (QED) is 0.859. The lowest BCUT2D eigenvalue weighted by Gasteiger charge is -2.04. The maximum atomic E-state index is 5.26. The first kappa shape index (κ1) is 17.1. The van der Waals surface area contributed by atoms with Gasteiger partial charge in [0.2, 0.25) is 5.89 Å². The third kappa shape index (κ3) is 5.23. The summed E-state index contributed by atoms with van der Waals surface area (Å²) < 4.78 is 6.36. The molecule has 0 fully saturated rings. The number of hydrogen-bond donors (Lipinski definition) is 1. The zero-order valence-electron chi connectivity index (χ0n) is 11.6. The lowest BCUT2D eigenvalue weighted by Crippen LogP contribution is -2.24. The van der Waals surface area contributed by atoms with Gasteiger partial charge in [0.1, 0.15) is 0 Å². The molecule has 1 aromatic heterocycles. The minimum absolute atomic E-state index is 0. The van der Waals surface area contributed by atoms with Crippen LogP contribution in [-0.4, -0.2) is 23.2 Å². The molecule has 1 heterocycles. The minimum atomic E-state index is 0. The average Bonchev–Trinajstić information content (AvgIpc) is 2.84. The van der Waals surface area contributed by atoms with Gasteiger partial charge >= 0.3 is 0 Å². The minimum Gasteiger partial charge on any atom is -0.339 e. The smallest absolute Gasteiger partial charge is 0.226 e. The van der Waals surface area contributed by atoms with E-state index in [1.807, 2.05) is 19.2 Å². The molecule has 0 amide bonds. The number of nitrogens with one attached hydrogen (secondary N) is 1. The van der Waals surface area contributed by atoms with Crippen molar-refractivity contribution >= 4 is 28.3 Å². The number of aryl methyl sites for hydroxylation is 2. The van der Waals surface area contributed by atoms with Gasteiger partial charge in [0, 0.05) is 23.4 Å². The van der Waals surface area contributed by atoms with E-state index in [0.29, 0.717) is 11.9 Å². The molecular weight excluding hydrogens is 342 g/mol. The van der Waals surface area contributed by atoms with Crippen LogP contribution >= 0.6 is 28.3 Å². The third-order valence-corrected chi connectivity index (χ3v) is 3.50. The van der Waals surface area contributed by atoms with Gasteiger partial charge in [-0.05, 0) is 38.1 Å². The van der Waals surface area contributed by atoms with E-state index in [4.69, 9.17) is 4.52 Å². The Hall–Kier alpha value is -0.910. The summed E-state index contributed by atoms with van der Waals surface area (Å²) in [5, 5.41) is 7.16. The van der Waals surface area contributed by atoms with E-state index < -0.39 is 0 Å². The summed E-state index contributed by atoms with van der Waals surface area (Å²) in [7, 11) is 1.93. The molecule has 0 aliphatic carbocycles. The van der Waals surface area contributed by atoms with Crippen molar-refractivity contribution in [1.82, 2.24) is 15.5 Å². The van der Waals surface area contributed by atoms with E-state index in [1.165, 1.54) is 5.56 Å². The molecule has 0 saturated heterocycles. The van der Waals surface area contributed by atoms with Gasteiger partial charge in [0.15, 0.2) is 5.82 Å². The Morgan fingerprint density at radius 1 is 1.35 bits per heavy atom.